The summed E-state index contributed by atoms with van der Waals surface area (Å²) in [6.07, 6.45) is 30.9. The zero-order valence-electron chi connectivity index (χ0n) is 23.0. The maximum absolute atomic E-state index is 4.94. The van der Waals surface area contributed by atoms with Crippen LogP contribution in [0, 0.1) is 0 Å². The Morgan fingerprint density at radius 1 is 0.529 bits per heavy atom. The van der Waals surface area contributed by atoms with Gasteiger partial charge in [-0.15, -0.1) is 0 Å². The molecule has 0 saturated heterocycles. The van der Waals surface area contributed by atoms with Crippen molar-refractivity contribution in [3.8, 4) is 0 Å². The summed E-state index contributed by atoms with van der Waals surface area (Å²) in [5, 5.41) is 0. The lowest BCUT2D eigenvalue weighted by atomic mass is 9.87. The lowest BCUT2D eigenvalue weighted by Crippen LogP contribution is -2.04. The minimum absolute atomic E-state index is 1.13. The van der Waals surface area contributed by atoms with E-state index in [1.807, 2.05) is 50.6 Å². The van der Waals surface area contributed by atoms with E-state index in [9.17, 15) is 0 Å². The number of hydrogen-bond donors (Lipinski definition) is 0. The average Bonchev–Trinajstić information content (AvgIpc) is 2.84. The highest BCUT2D eigenvalue weighted by Crippen LogP contribution is 2.37. The van der Waals surface area contributed by atoms with Gasteiger partial charge in [-0.1, -0.05) is 90.7 Å². The fourth-order valence-corrected chi connectivity index (χ4v) is 4.49. The maximum atomic E-state index is 4.94. The lowest BCUT2D eigenvalue weighted by molar-refractivity contribution is 0.640. The summed E-state index contributed by atoms with van der Waals surface area (Å²) < 4.78 is 0. The zero-order chi connectivity index (χ0) is 24.9. The largest absolute Gasteiger partial charge is 0.257 e. The molecule has 2 heteroatoms. The fourth-order valence-electron chi connectivity index (χ4n) is 4.49. The first-order valence-corrected chi connectivity index (χ1v) is 14.2. The first-order chi connectivity index (χ1) is 16.7. The van der Waals surface area contributed by atoms with E-state index in [2.05, 4.69) is 26.8 Å². The number of benzene rings is 1. The molecule has 0 N–H and O–H groups in total. The molecule has 0 bridgehead atoms. The third-order valence-electron chi connectivity index (χ3n) is 6.45. The number of nitrogens with zero attached hydrogens (tertiary/aromatic N) is 2. The van der Waals surface area contributed by atoms with E-state index < -0.39 is 0 Å². The molecular weight excluding hydrogens is 412 g/mol. The minimum atomic E-state index is 1.13. The van der Waals surface area contributed by atoms with Crippen LogP contribution < -0.4 is 0 Å². The van der Waals surface area contributed by atoms with E-state index in [4.69, 9.17) is 9.98 Å². The maximum Gasteiger partial charge on any atom is 0.0686 e. The molecule has 0 aliphatic heterocycles. The summed E-state index contributed by atoms with van der Waals surface area (Å²) in [6.45, 7) is 11.0. The van der Waals surface area contributed by atoms with Crippen molar-refractivity contribution in [3.05, 3.63) is 47.1 Å². The molecule has 0 amide bonds. The summed E-state index contributed by atoms with van der Waals surface area (Å²) in [5.74, 6) is 0. The predicted molar refractivity (Wildman–Crippen MR) is 156 cm³/mol. The number of hydrogen-bond acceptors (Lipinski definition) is 2. The Hall–Kier alpha value is -1.96. The Balaban J connectivity index is 3.54. The van der Waals surface area contributed by atoms with Crippen LogP contribution in [0.15, 0.2) is 40.4 Å². The van der Waals surface area contributed by atoms with E-state index in [1.165, 1.54) is 88.2 Å². The van der Waals surface area contributed by atoms with Gasteiger partial charge in [-0.2, -0.15) is 0 Å². The normalized spacial score (nSPS) is 12.4. The van der Waals surface area contributed by atoms with Crippen LogP contribution in [0.1, 0.15) is 128 Å². The molecule has 2 nitrogen and oxygen atoms in total. The number of rotatable bonds is 19. The second-order valence-corrected chi connectivity index (χ2v) is 9.39. The molecule has 0 aromatic heterocycles. The van der Waals surface area contributed by atoms with Crippen LogP contribution in [0.3, 0.4) is 0 Å². The monoisotopic (exact) mass is 464 g/mol. The molecule has 1 aromatic carbocycles. The van der Waals surface area contributed by atoms with E-state index in [0.29, 0.717) is 0 Å². The van der Waals surface area contributed by atoms with Crippen LogP contribution >= 0.6 is 0 Å². The summed E-state index contributed by atoms with van der Waals surface area (Å²) >= 11 is 0. The van der Waals surface area contributed by atoms with E-state index in [1.54, 1.807) is 5.56 Å². The van der Waals surface area contributed by atoms with Crippen LogP contribution in [-0.2, 0) is 19.3 Å². The van der Waals surface area contributed by atoms with Crippen molar-refractivity contribution in [3.63, 3.8) is 0 Å². The van der Waals surface area contributed by atoms with E-state index in [0.717, 1.165) is 30.6 Å². The van der Waals surface area contributed by atoms with Gasteiger partial charge in [0.15, 0.2) is 0 Å². The van der Waals surface area contributed by atoms with Gasteiger partial charge in [-0.3, -0.25) is 9.98 Å². The summed E-state index contributed by atoms with van der Waals surface area (Å²) in [7, 11) is 0. The summed E-state index contributed by atoms with van der Waals surface area (Å²) in [4.78, 5) is 9.87. The van der Waals surface area contributed by atoms with Gasteiger partial charge in [-0.05, 0) is 87.3 Å². The molecule has 0 saturated carbocycles. The molecule has 0 unspecified atom stereocenters. The van der Waals surface area contributed by atoms with Crippen molar-refractivity contribution in [1.29, 1.82) is 0 Å². The molecule has 34 heavy (non-hydrogen) atoms. The Morgan fingerprint density at radius 3 is 1.26 bits per heavy atom. The highest BCUT2D eigenvalue weighted by Gasteiger charge is 2.17. The molecule has 1 aromatic rings. The molecule has 0 aliphatic rings. The fraction of sp³-hybridized carbons (Fsp3) is 0.625. The van der Waals surface area contributed by atoms with Gasteiger partial charge in [-0.25, -0.2) is 0 Å². The van der Waals surface area contributed by atoms with Crippen molar-refractivity contribution >= 4 is 23.8 Å². The van der Waals surface area contributed by atoms with Gasteiger partial charge in [0.25, 0.3) is 0 Å². The van der Waals surface area contributed by atoms with Crippen molar-refractivity contribution < 1.29 is 0 Å². The Bertz CT molecular complexity index is 711. The molecule has 0 atom stereocenters. The Labute approximate surface area is 211 Å². The number of aliphatic imine (C=N–C) groups is 2. The molecule has 0 spiro atoms. The Morgan fingerprint density at radius 2 is 0.912 bits per heavy atom. The van der Waals surface area contributed by atoms with Crippen molar-refractivity contribution in [2.24, 2.45) is 9.98 Å². The van der Waals surface area contributed by atoms with Crippen molar-refractivity contribution in [1.82, 2.24) is 0 Å². The van der Waals surface area contributed by atoms with Crippen molar-refractivity contribution in [2.75, 3.05) is 0 Å². The van der Waals surface area contributed by atoms with Gasteiger partial charge in [0.05, 0.1) is 11.4 Å². The Kier molecular flexibility index (Phi) is 18.1. The van der Waals surface area contributed by atoms with Crippen LogP contribution in [0.25, 0.3) is 0 Å². The molecular formula is C32H52N2. The lowest BCUT2D eigenvalue weighted by Gasteiger charge is -2.20. The molecule has 190 valence electrons. The topological polar surface area (TPSA) is 24.7 Å². The van der Waals surface area contributed by atoms with Crippen LogP contribution in [0.2, 0.25) is 0 Å². The third kappa shape index (κ3) is 12.0. The van der Waals surface area contributed by atoms with Gasteiger partial charge in [0, 0.05) is 12.4 Å². The first kappa shape index (κ1) is 30.1. The number of unbranched alkanes of at least 4 members (excludes halogenated alkanes) is 9. The molecule has 0 fully saturated rings. The molecule has 1 rings (SSSR count). The van der Waals surface area contributed by atoms with Gasteiger partial charge < -0.3 is 0 Å². The highest BCUT2D eigenvalue weighted by atomic mass is 14.8. The summed E-state index contributed by atoms with van der Waals surface area (Å²) in [5.41, 5.74) is 6.80. The standard InChI is InChI=1S/C32H52N2/c1-6-11-16-19-22-28-29(23-20-17-12-7-2)31(33-25-14-9-4)27-32(34-26-15-10-5)30(28)24-21-18-13-8-3/h9-10,14-15,25-27H,6-8,11-13,16-24H2,1-5H3/b14-9+,15-10+,33-25?,34-26?. The quantitative estimate of drug-likeness (QED) is 0.144. The van der Waals surface area contributed by atoms with E-state index >= 15 is 0 Å². The summed E-state index contributed by atoms with van der Waals surface area (Å²) in [6, 6.07) is 2.26. The van der Waals surface area contributed by atoms with Gasteiger partial charge in [0.1, 0.15) is 0 Å². The second-order valence-electron chi connectivity index (χ2n) is 9.39. The van der Waals surface area contributed by atoms with Gasteiger partial charge >= 0.3 is 0 Å². The van der Waals surface area contributed by atoms with Crippen LogP contribution in [0.5, 0.6) is 0 Å². The van der Waals surface area contributed by atoms with Crippen molar-refractivity contribution in [2.45, 2.75) is 131 Å². The molecule has 0 heterocycles. The predicted octanol–water partition coefficient (Wildman–Crippen LogP) is 10.6. The highest BCUT2D eigenvalue weighted by molar-refractivity contribution is 5.79. The van der Waals surface area contributed by atoms with Crippen LogP contribution in [0.4, 0.5) is 11.4 Å². The molecule has 0 aliphatic carbocycles. The molecule has 0 radical (unpaired) electrons. The third-order valence-corrected chi connectivity index (χ3v) is 6.45. The van der Waals surface area contributed by atoms with E-state index in [-0.39, 0.29) is 0 Å². The van der Waals surface area contributed by atoms with Gasteiger partial charge in [0.2, 0.25) is 0 Å². The second kappa shape index (κ2) is 20.4. The first-order valence-electron chi connectivity index (χ1n) is 14.2. The smallest absolute Gasteiger partial charge is 0.0686 e. The van der Waals surface area contributed by atoms with Crippen LogP contribution in [-0.4, -0.2) is 12.4 Å². The number of allylic oxidation sites excluding steroid dienone is 4. The SMILES string of the molecule is C/C=C/C=Nc1cc(N=C/C=C/C)c(CCCCCC)c(CCCCCC)c1CCCCCC. The minimum Gasteiger partial charge on any atom is -0.257 e. The zero-order valence-corrected chi connectivity index (χ0v) is 23.0. The average molecular weight is 465 g/mol.